The Morgan fingerprint density at radius 1 is 1.23 bits per heavy atom. The van der Waals surface area contributed by atoms with Crippen molar-refractivity contribution in [2.24, 2.45) is 0 Å². The van der Waals surface area contributed by atoms with Crippen LogP contribution in [-0.4, -0.2) is 8.42 Å². The van der Waals surface area contributed by atoms with Gasteiger partial charge >= 0.3 is 0 Å². The molecule has 0 spiro atoms. The summed E-state index contributed by atoms with van der Waals surface area (Å²) in [6.45, 7) is 1.83. The molecule has 6 heteroatoms. The Bertz CT molecular complexity index is 881. The zero-order chi connectivity index (χ0) is 16.3. The molecule has 0 aromatic heterocycles. The van der Waals surface area contributed by atoms with Crippen molar-refractivity contribution in [3.05, 3.63) is 68.8 Å². The quantitative estimate of drug-likeness (QED) is 0.749. The van der Waals surface area contributed by atoms with Crippen LogP contribution >= 0.6 is 15.9 Å². The van der Waals surface area contributed by atoms with Crippen molar-refractivity contribution in [3.8, 4) is 6.07 Å². The third-order valence-corrected chi connectivity index (χ3v) is 5.15. The third kappa shape index (κ3) is 3.43. The number of hydrogen-bond acceptors (Lipinski definition) is 3. The summed E-state index contributed by atoms with van der Waals surface area (Å²) in [4.78, 5) is -0.505. The van der Waals surface area contributed by atoms with Crippen LogP contribution in [0.4, 0.5) is 4.39 Å². The molecular formula is C16H11BrFNO2S. The maximum absolute atomic E-state index is 13.7. The minimum Gasteiger partial charge on any atom is -0.218 e. The number of hydrogen-bond donors (Lipinski definition) is 0. The Kier molecular flexibility index (Phi) is 4.79. The molecule has 0 saturated carbocycles. The van der Waals surface area contributed by atoms with E-state index in [1.54, 1.807) is 18.2 Å². The smallest absolute Gasteiger partial charge is 0.216 e. The summed E-state index contributed by atoms with van der Waals surface area (Å²) in [7, 11) is -3.98. The summed E-state index contributed by atoms with van der Waals surface area (Å²) in [6.07, 6.45) is 1.04. The fraction of sp³-hybridized carbons (Fsp3) is 0.0625. The van der Waals surface area contributed by atoms with Crippen LogP contribution in [0.5, 0.6) is 0 Å². The summed E-state index contributed by atoms with van der Waals surface area (Å²) in [5.41, 5.74) is 0.932. The van der Waals surface area contributed by atoms with Gasteiger partial charge in [-0.2, -0.15) is 5.26 Å². The van der Waals surface area contributed by atoms with Crippen molar-refractivity contribution in [3.63, 3.8) is 0 Å². The Morgan fingerprint density at radius 3 is 2.45 bits per heavy atom. The molecule has 0 atom stereocenters. The predicted molar refractivity (Wildman–Crippen MR) is 86.1 cm³/mol. The second kappa shape index (κ2) is 6.42. The first-order chi connectivity index (χ1) is 10.3. The zero-order valence-electron chi connectivity index (χ0n) is 11.5. The van der Waals surface area contributed by atoms with Gasteiger partial charge in [0.15, 0.2) is 0 Å². The Labute approximate surface area is 136 Å². The summed E-state index contributed by atoms with van der Waals surface area (Å²) < 4.78 is 39.2. The van der Waals surface area contributed by atoms with E-state index in [1.807, 2.05) is 6.92 Å². The molecule has 0 aliphatic carbocycles. The molecule has 2 aromatic rings. The molecule has 0 saturated heterocycles. The second-order valence-electron chi connectivity index (χ2n) is 4.60. The van der Waals surface area contributed by atoms with Gasteiger partial charge in [0.05, 0.1) is 4.90 Å². The van der Waals surface area contributed by atoms with Crippen LogP contribution in [0.2, 0.25) is 0 Å². The molecule has 0 heterocycles. The molecule has 0 aliphatic rings. The highest BCUT2D eigenvalue weighted by atomic mass is 79.9. The molecule has 0 radical (unpaired) electrons. The van der Waals surface area contributed by atoms with E-state index in [0.29, 0.717) is 4.47 Å². The lowest BCUT2D eigenvalue weighted by Crippen LogP contribution is -2.03. The van der Waals surface area contributed by atoms with Crippen LogP contribution in [-0.2, 0) is 9.84 Å². The largest absolute Gasteiger partial charge is 0.218 e. The van der Waals surface area contributed by atoms with Crippen LogP contribution in [0.1, 0.15) is 11.1 Å². The van der Waals surface area contributed by atoms with Crippen LogP contribution < -0.4 is 0 Å². The number of benzene rings is 2. The van der Waals surface area contributed by atoms with Gasteiger partial charge in [-0.3, -0.25) is 0 Å². The Morgan fingerprint density at radius 2 is 1.86 bits per heavy atom. The first-order valence-corrected chi connectivity index (χ1v) is 8.51. The predicted octanol–water partition coefficient (Wildman–Crippen LogP) is 4.24. The SMILES string of the molecule is Cc1ccc(S(=O)(=O)/C(C#N)=C/c2cc(Br)ccc2F)cc1. The van der Waals surface area contributed by atoms with Crippen molar-refractivity contribution in [1.82, 2.24) is 0 Å². The highest BCUT2D eigenvalue weighted by molar-refractivity contribution is 9.10. The second-order valence-corrected chi connectivity index (χ2v) is 7.44. The lowest BCUT2D eigenvalue weighted by atomic mass is 10.2. The lowest BCUT2D eigenvalue weighted by Gasteiger charge is -2.04. The molecule has 0 bridgehead atoms. The summed E-state index contributed by atoms with van der Waals surface area (Å²) in [6, 6.07) is 11.9. The van der Waals surface area contributed by atoms with Gasteiger partial charge in [0.1, 0.15) is 16.8 Å². The van der Waals surface area contributed by atoms with Crippen LogP contribution in [0.3, 0.4) is 0 Å². The molecule has 0 N–H and O–H groups in total. The van der Waals surface area contributed by atoms with E-state index in [0.717, 1.165) is 11.6 Å². The Balaban J connectivity index is 2.56. The van der Waals surface area contributed by atoms with E-state index in [4.69, 9.17) is 5.26 Å². The molecule has 112 valence electrons. The average Bonchev–Trinajstić information content (AvgIpc) is 2.48. The van der Waals surface area contributed by atoms with E-state index in [1.165, 1.54) is 30.3 Å². The van der Waals surface area contributed by atoms with Gasteiger partial charge < -0.3 is 0 Å². The van der Waals surface area contributed by atoms with Crippen LogP contribution in [0.25, 0.3) is 6.08 Å². The maximum Gasteiger partial charge on any atom is 0.216 e. The molecule has 2 rings (SSSR count). The number of aryl methyl sites for hydroxylation is 1. The number of halogens is 2. The van der Waals surface area contributed by atoms with Crippen molar-refractivity contribution >= 4 is 31.8 Å². The number of sulfone groups is 1. The van der Waals surface area contributed by atoms with Crippen LogP contribution in [0.15, 0.2) is 56.7 Å². The number of nitriles is 1. The molecular weight excluding hydrogens is 369 g/mol. The van der Waals surface area contributed by atoms with Crippen molar-refractivity contribution < 1.29 is 12.8 Å². The van der Waals surface area contributed by atoms with Gasteiger partial charge in [0.2, 0.25) is 9.84 Å². The molecule has 0 unspecified atom stereocenters. The van der Waals surface area contributed by atoms with Crippen LogP contribution in [0, 0.1) is 24.1 Å². The molecule has 0 amide bonds. The van der Waals surface area contributed by atoms with E-state index >= 15 is 0 Å². The topological polar surface area (TPSA) is 57.9 Å². The summed E-state index contributed by atoms with van der Waals surface area (Å²) in [5.74, 6) is -0.602. The summed E-state index contributed by atoms with van der Waals surface area (Å²) in [5, 5.41) is 9.17. The average molecular weight is 380 g/mol. The minimum absolute atomic E-state index is 0.00121. The van der Waals surface area contributed by atoms with Crippen molar-refractivity contribution in [1.29, 1.82) is 5.26 Å². The molecule has 0 fully saturated rings. The van der Waals surface area contributed by atoms with Gasteiger partial charge in [-0.1, -0.05) is 33.6 Å². The highest BCUT2D eigenvalue weighted by Crippen LogP contribution is 2.24. The van der Waals surface area contributed by atoms with Gasteiger partial charge in [0, 0.05) is 10.0 Å². The van der Waals surface area contributed by atoms with E-state index in [-0.39, 0.29) is 10.5 Å². The van der Waals surface area contributed by atoms with E-state index in [2.05, 4.69) is 15.9 Å². The van der Waals surface area contributed by atoms with Gasteiger partial charge in [-0.15, -0.1) is 0 Å². The lowest BCUT2D eigenvalue weighted by molar-refractivity contribution is 0.603. The monoisotopic (exact) mass is 379 g/mol. The minimum atomic E-state index is -3.98. The standard InChI is InChI=1S/C16H11BrFNO2S/c1-11-2-5-14(6-3-11)22(20,21)15(10-19)9-12-8-13(17)4-7-16(12)18/h2-9H,1H3/b15-9+. The van der Waals surface area contributed by atoms with E-state index < -0.39 is 20.6 Å². The normalized spacial score (nSPS) is 12.0. The first-order valence-electron chi connectivity index (χ1n) is 6.23. The maximum atomic E-state index is 13.7. The Hall–Kier alpha value is -1.97. The van der Waals surface area contributed by atoms with Crippen molar-refractivity contribution in [2.75, 3.05) is 0 Å². The van der Waals surface area contributed by atoms with E-state index in [9.17, 15) is 12.8 Å². The van der Waals surface area contributed by atoms with Crippen molar-refractivity contribution in [2.45, 2.75) is 11.8 Å². The number of rotatable bonds is 3. The molecule has 3 nitrogen and oxygen atoms in total. The third-order valence-electron chi connectivity index (χ3n) is 2.98. The summed E-state index contributed by atoms with van der Waals surface area (Å²) >= 11 is 3.18. The highest BCUT2D eigenvalue weighted by Gasteiger charge is 2.21. The van der Waals surface area contributed by atoms with Gasteiger partial charge in [0.25, 0.3) is 0 Å². The first kappa shape index (κ1) is 16.4. The number of nitrogens with zero attached hydrogens (tertiary/aromatic N) is 1. The van der Waals surface area contributed by atoms with Gasteiger partial charge in [-0.05, 0) is 43.3 Å². The molecule has 0 aliphatic heterocycles. The zero-order valence-corrected chi connectivity index (χ0v) is 13.9. The molecule has 2 aromatic carbocycles. The molecule has 22 heavy (non-hydrogen) atoms. The van der Waals surface area contributed by atoms with Gasteiger partial charge in [-0.25, -0.2) is 12.8 Å². The number of allylic oxidation sites excluding steroid dienone is 1. The fourth-order valence-corrected chi connectivity index (χ4v) is 3.31. The fourth-order valence-electron chi connectivity index (χ4n) is 1.78.